The summed E-state index contributed by atoms with van der Waals surface area (Å²) in [7, 11) is 0. The van der Waals surface area contributed by atoms with E-state index in [1.165, 1.54) is 6.07 Å². The van der Waals surface area contributed by atoms with E-state index in [9.17, 15) is 18.9 Å². The van der Waals surface area contributed by atoms with E-state index in [1.807, 2.05) is 26.0 Å². The average Bonchev–Trinajstić information content (AvgIpc) is 3.61. The van der Waals surface area contributed by atoms with Gasteiger partial charge in [0.15, 0.2) is 5.69 Å². The zero-order valence-electron chi connectivity index (χ0n) is 20.1. The molecule has 4 rings (SSSR count). The topological polar surface area (TPSA) is 133 Å². The van der Waals surface area contributed by atoms with Crippen molar-refractivity contribution in [1.29, 1.82) is 0 Å². The number of nitrogens with one attached hydrogen (secondary N) is 1. The van der Waals surface area contributed by atoms with E-state index in [4.69, 9.17) is 0 Å². The highest BCUT2D eigenvalue weighted by Crippen LogP contribution is 2.32. The van der Waals surface area contributed by atoms with Crippen LogP contribution in [0, 0.1) is 10.1 Å². The van der Waals surface area contributed by atoms with Crippen LogP contribution in [0.25, 0.3) is 17.2 Å². The molecule has 1 N–H and O–H groups in total. The Balaban J connectivity index is 1.61. The standard InChI is InChI=1S/C23H27F2N9O2/c1-3-5-7-19-26-22(23(24,25)13-6-4-2)29-33(19)15-16-8-10-17(11-9-16)32-14-12-18(34(35)36)20(32)21-27-30-31-28-21/h8-12,14H,3-7,13,15H2,1-2H3,(H,27,28,30,31). The zero-order chi connectivity index (χ0) is 25.7. The first-order chi connectivity index (χ1) is 17.3. The van der Waals surface area contributed by atoms with Gasteiger partial charge in [0.05, 0.1) is 11.5 Å². The molecule has 13 heteroatoms. The van der Waals surface area contributed by atoms with Gasteiger partial charge in [-0.25, -0.2) is 9.67 Å². The number of hydrogen-bond acceptors (Lipinski definition) is 7. The minimum absolute atomic E-state index is 0.0930. The first-order valence-corrected chi connectivity index (χ1v) is 11.8. The second-order valence-corrected chi connectivity index (χ2v) is 8.50. The lowest BCUT2D eigenvalue weighted by atomic mass is 10.1. The number of H-pyrrole nitrogens is 1. The number of aromatic amines is 1. The van der Waals surface area contributed by atoms with Crippen molar-refractivity contribution in [2.24, 2.45) is 0 Å². The van der Waals surface area contributed by atoms with Crippen molar-refractivity contribution in [3.63, 3.8) is 0 Å². The van der Waals surface area contributed by atoms with Crippen LogP contribution in [0.2, 0.25) is 0 Å². The Kier molecular flexibility index (Phi) is 7.46. The van der Waals surface area contributed by atoms with E-state index >= 15 is 0 Å². The lowest BCUT2D eigenvalue weighted by Gasteiger charge is -2.11. The van der Waals surface area contributed by atoms with Gasteiger partial charge in [0.1, 0.15) is 5.82 Å². The molecule has 0 unspecified atom stereocenters. The zero-order valence-corrected chi connectivity index (χ0v) is 20.1. The van der Waals surface area contributed by atoms with Crippen LogP contribution in [0.4, 0.5) is 14.5 Å². The number of aryl methyl sites for hydroxylation is 1. The smallest absolute Gasteiger partial charge is 0.308 e. The van der Waals surface area contributed by atoms with Gasteiger partial charge in [0, 0.05) is 30.8 Å². The van der Waals surface area contributed by atoms with Crippen LogP contribution in [0.5, 0.6) is 0 Å². The fourth-order valence-electron chi connectivity index (χ4n) is 3.89. The Bertz CT molecular complexity index is 1300. The Morgan fingerprint density at radius 3 is 2.50 bits per heavy atom. The number of alkyl halides is 2. The Hall–Kier alpha value is -4.03. The van der Waals surface area contributed by atoms with E-state index in [1.54, 1.807) is 27.6 Å². The largest absolute Gasteiger partial charge is 0.308 e. The maximum absolute atomic E-state index is 14.6. The Morgan fingerprint density at radius 2 is 1.86 bits per heavy atom. The molecule has 0 spiro atoms. The number of nitro groups is 1. The molecule has 0 amide bonds. The summed E-state index contributed by atoms with van der Waals surface area (Å²) >= 11 is 0. The van der Waals surface area contributed by atoms with E-state index in [0.717, 1.165) is 18.4 Å². The number of benzene rings is 1. The number of rotatable bonds is 12. The van der Waals surface area contributed by atoms with Gasteiger partial charge >= 0.3 is 5.92 Å². The number of nitrogens with zero attached hydrogens (tertiary/aromatic N) is 8. The minimum Gasteiger partial charge on any atom is -0.308 e. The molecule has 0 saturated carbocycles. The van der Waals surface area contributed by atoms with Crippen molar-refractivity contribution in [3.05, 3.63) is 63.9 Å². The van der Waals surface area contributed by atoms with Crippen LogP contribution in [0.15, 0.2) is 36.5 Å². The van der Waals surface area contributed by atoms with Crippen molar-refractivity contribution in [3.8, 4) is 17.2 Å². The van der Waals surface area contributed by atoms with E-state index in [-0.39, 0.29) is 30.2 Å². The molecule has 11 nitrogen and oxygen atoms in total. The van der Waals surface area contributed by atoms with Gasteiger partial charge in [0.2, 0.25) is 11.6 Å². The van der Waals surface area contributed by atoms with Gasteiger partial charge in [0.25, 0.3) is 5.69 Å². The van der Waals surface area contributed by atoms with Gasteiger partial charge in [-0.05, 0) is 35.8 Å². The lowest BCUT2D eigenvalue weighted by Crippen LogP contribution is -2.16. The van der Waals surface area contributed by atoms with Crippen molar-refractivity contribution in [2.45, 2.75) is 64.8 Å². The predicted octanol–water partition coefficient (Wildman–Crippen LogP) is 4.83. The SMILES string of the molecule is CCCCc1nc(C(F)(F)CCCC)nn1Cc1ccc(-n2ccc([N+](=O)[O-])c2-c2nn[nH]n2)cc1. The number of halogens is 2. The molecule has 1 aromatic carbocycles. The average molecular weight is 500 g/mol. The summed E-state index contributed by atoms with van der Waals surface area (Å²) in [6, 6.07) is 8.57. The van der Waals surface area contributed by atoms with Crippen LogP contribution >= 0.6 is 0 Å². The summed E-state index contributed by atoms with van der Waals surface area (Å²) in [5.74, 6) is -2.87. The van der Waals surface area contributed by atoms with E-state index < -0.39 is 16.7 Å². The number of tetrazole rings is 1. The highest BCUT2D eigenvalue weighted by atomic mass is 19.3. The third-order valence-electron chi connectivity index (χ3n) is 5.84. The minimum atomic E-state index is -3.07. The van der Waals surface area contributed by atoms with Crippen LogP contribution in [0.1, 0.15) is 63.2 Å². The van der Waals surface area contributed by atoms with Crippen molar-refractivity contribution < 1.29 is 13.7 Å². The molecule has 36 heavy (non-hydrogen) atoms. The lowest BCUT2D eigenvalue weighted by molar-refractivity contribution is -0.384. The molecule has 3 aromatic heterocycles. The highest BCUT2D eigenvalue weighted by Gasteiger charge is 2.36. The quantitative estimate of drug-likeness (QED) is 0.218. The van der Waals surface area contributed by atoms with Crippen LogP contribution in [-0.4, -0.2) is 44.9 Å². The molecule has 0 fully saturated rings. The summed E-state index contributed by atoms with van der Waals surface area (Å²) in [5, 5.41) is 29.2. The van der Waals surface area contributed by atoms with Gasteiger partial charge in [-0.3, -0.25) is 10.1 Å². The first kappa shape index (κ1) is 25.1. The van der Waals surface area contributed by atoms with Gasteiger partial charge in [-0.15, -0.1) is 15.3 Å². The maximum Gasteiger partial charge on any atom is 0.308 e. The predicted molar refractivity (Wildman–Crippen MR) is 127 cm³/mol. The fourth-order valence-corrected chi connectivity index (χ4v) is 3.89. The summed E-state index contributed by atoms with van der Waals surface area (Å²) in [4.78, 5) is 15.2. The molecule has 0 saturated heterocycles. The van der Waals surface area contributed by atoms with Crippen molar-refractivity contribution in [1.82, 2.24) is 40.0 Å². The highest BCUT2D eigenvalue weighted by molar-refractivity contribution is 5.67. The van der Waals surface area contributed by atoms with Crippen molar-refractivity contribution >= 4 is 5.69 Å². The second kappa shape index (κ2) is 10.7. The molecule has 4 aromatic rings. The number of unbranched alkanes of at least 4 members (excludes halogenated alkanes) is 2. The third-order valence-corrected chi connectivity index (χ3v) is 5.84. The second-order valence-electron chi connectivity index (χ2n) is 8.50. The summed E-state index contributed by atoms with van der Waals surface area (Å²) < 4.78 is 32.4. The van der Waals surface area contributed by atoms with Gasteiger partial charge < -0.3 is 4.57 Å². The molecule has 0 atom stereocenters. The molecule has 190 valence electrons. The van der Waals surface area contributed by atoms with Gasteiger partial charge in [-0.1, -0.05) is 38.8 Å². The summed E-state index contributed by atoms with van der Waals surface area (Å²) in [6.45, 7) is 4.18. The molecule has 0 radical (unpaired) electrons. The first-order valence-electron chi connectivity index (χ1n) is 11.8. The normalized spacial score (nSPS) is 11.8. The fraction of sp³-hybridized carbons (Fsp3) is 0.435. The molecule has 0 aliphatic rings. The monoisotopic (exact) mass is 499 g/mol. The van der Waals surface area contributed by atoms with Crippen LogP contribution < -0.4 is 0 Å². The third kappa shape index (κ3) is 5.29. The molecule has 0 bridgehead atoms. The Labute approximate surface area is 205 Å². The Morgan fingerprint density at radius 1 is 1.11 bits per heavy atom. The number of hydrogen-bond donors (Lipinski definition) is 1. The van der Waals surface area contributed by atoms with Crippen molar-refractivity contribution in [2.75, 3.05) is 0 Å². The van der Waals surface area contributed by atoms with E-state index in [0.29, 0.717) is 30.8 Å². The summed E-state index contributed by atoms with van der Waals surface area (Å²) in [5.41, 5.74) is 1.51. The maximum atomic E-state index is 14.6. The molecular formula is C23H27F2N9O2. The molecule has 0 aliphatic heterocycles. The summed E-state index contributed by atoms with van der Waals surface area (Å²) in [6.07, 6.45) is 4.65. The van der Waals surface area contributed by atoms with Crippen LogP contribution in [-0.2, 0) is 18.9 Å². The molecule has 0 aliphatic carbocycles. The van der Waals surface area contributed by atoms with Crippen LogP contribution in [0.3, 0.4) is 0 Å². The molecular weight excluding hydrogens is 472 g/mol. The molecule has 3 heterocycles. The van der Waals surface area contributed by atoms with Gasteiger partial charge in [-0.2, -0.15) is 14.0 Å². The van der Waals surface area contributed by atoms with E-state index in [2.05, 4.69) is 30.7 Å². The number of aromatic nitrogens is 8.